The zero-order valence-electron chi connectivity index (χ0n) is 7.00. The highest BCUT2D eigenvalue weighted by Gasteiger charge is 2.22. The summed E-state index contributed by atoms with van der Waals surface area (Å²) in [5, 5.41) is 0. The minimum atomic E-state index is -0.407. The van der Waals surface area contributed by atoms with E-state index in [9.17, 15) is 4.39 Å². The maximum absolute atomic E-state index is 13.1. The molecule has 0 aliphatic carbocycles. The predicted octanol–water partition coefficient (Wildman–Crippen LogP) is 0.924. The first-order valence-corrected chi connectivity index (χ1v) is 4.09. The fourth-order valence-electron chi connectivity index (χ4n) is 1.22. The lowest BCUT2D eigenvalue weighted by Gasteiger charge is -2.25. The van der Waals surface area contributed by atoms with Crippen LogP contribution in [0.3, 0.4) is 0 Å². The molecule has 1 unspecified atom stereocenters. The van der Waals surface area contributed by atoms with Crippen molar-refractivity contribution in [3.05, 3.63) is 24.0 Å². The molecule has 1 aliphatic rings. The first kappa shape index (κ1) is 8.31. The number of ether oxygens (including phenoxy) is 2. The van der Waals surface area contributed by atoms with Crippen molar-refractivity contribution in [1.29, 1.82) is 0 Å². The molecule has 0 saturated heterocycles. The smallest absolute Gasteiger partial charge is 0.197 e. The molecule has 0 amide bonds. The van der Waals surface area contributed by atoms with E-state index < -0.39 is 5.82 Å². The monoisotopic (exact) mass is 183 g/mol. The van der Waals surface area contributed by atoms with Crippen LogP contribution in [-0.2, 0) is 0 Å². The van der Waals surface area contributed by atoms with E-state index >= 15 is 0 Å². The van der Waals surface area contributed by atoms with Crippen molar-refractivity contribution in [3.63, 3.8) is 0 Å². The van der Waals surface area contributed by atoms with Gasteiger partial charge in [0.15, 0.2) is 17.3 Å². The standard InChI is InChI=1S/C9H10FNO2/c10-7-2-1-3-8-9(7)13-6(4-11)5-12-8/h1-3,6H,4-5,11H2. The Morgan fingerprint density at radius 1 is 1.54 bits per heavy atom. The van der Waals surface area contributed by atoms with Gasteiger partial charge in [-0.25, -0.2) is 4.39 Å². The number of rotatable bonds is 1. The highest BCUT2D eigenvalue weighted by molar-refractivity contribution is 5.42. The molecule has 3 nitrogen and oxygen atoms in total. The zero-order chi connectivity index (χ0) is 9.26. The summed E-state index contributed by atoms with van der Waals surface area (Å²) in [5.41, 5.74) is 5.38. The van der Waals surface area contributed by atoms with Crippen LogP contribution in [0.4, 0.5) is 4.39 Å². The summed E-state index contributed by atoms with van der Waals surface area (Å²) in [6.45, 7) is 0.709. The summed E-state index contributed by atoms with van der Waals surface area (Å²) >= 11 is 0. The topological polar surface area (TPSA) is 44.5 Å². The normalized spacial score (nSPS) is 20.0. The van der Waals surface area contributed by atoms with Crippen LogP contribution in [0.15, 0.2) is 18.2 Å². The van der Waals surface area contributed by atoms with Gasteiger partial charge in [0.25, 0.3) is 0 Å². The lowest BCUT2D eigenvalue weighted by Crippen LogP contribution is -2.36. The molecule has 1 heterocycles. The third-order valence-corrected chi connectivity index (χ3v) is 1.90. The molecule has 4 heteroatoms. The molecule has 13 heavy (non-hydrogen) atoms. The van der Waals surface area contributed by atoms with Crippen molar-refractivity contribution >= 4 is 0 Å². The van der Waals surface area contributed by atoms with Gasteiger partial charge in [-0.05, 0) is 12.1 Å². The van der Waals surface area contributed by atoms with E-state index in [1.54, 1.807) is 12.1 Å². The van der Waals surface area contributed by atoms with Crippen LogP contribution in [0.25, 0.3) is 0 Å². The maximum atomic E-state index is 13.1. The molecule has 1 aliphatic heterocycles. The molecule has 0 radical (unpaired) electrons. The van der Waals surface area contributed by atoms with Crippen LogP contribution >= 0.6 is 0 Å². The molecule has 1 aromatic rings. The highest BCUT2D eigenvalue weighted by atomic mass is 19.1. The fourth-order valence-corrected chi connectivity index (χ4v) is 1.22. The molecular weight excluding hydrogens is 173 g/mol. The van der Waals surface area contributed by atoms with Gasteiger partial charge < -0.3 is 15.2 Å². The summed E-state index contributed by atoms with van der Waals surface area (Å²) in [5.74, 6) is 0.213. The van der Waals surface area contributed by atoms with Gasteiger partial charge in [0, 0.05) is 6.54 Å². The van der Waals surface area contributed by atoms with E-state index in [1.165, 1.54) is 6.07 Å². The maximum Gasteiger partial charge on any atom is 0.197 e. The number of para-hydroxylation sites is 1. The van der Waals surface area contributed by atoms with Crippen LogP contribution < -0.4 is 15.2 Å². The van der Waals surface area contributed by atoms with Crippen LogP contribution in [0.1, 0.15) is 0 Å². The van der Waals surface area contributed by atoms with E-state index in [2.05, 4.69) is 0 Å². The van der Waals surface area contributed by atoms with Gasteiger partial charge in [0.2, 0.25) is 0 Å². The van der Waals surface area contributed by atoms with Gasteiger partial charge in [-0.2, -0.15) is 0 Å². The van der Waals surface area contributed by atoms with Crippen LogP contribution in [0, 0.1) is 5.82 Å². The summed E-state index contributed by atoms with van der Waals surface area (Å²) in [4.78, 5) is 0. The average Bonchev–Trinajstić information content (AvgIpc) is 2.18. The number of hydrogen-bond acceptors (Lipinski definition) is 3. The van der Waals surface area contributed by atoms with E-state index in [0.717, 1.165) is 0 Å². The zero-order valence-corrected chi connectivity index (χ0v) is 7.00. The minimum absolute atomic E-state index is 0.171. The van der Waals surface area contributed by atoms with Gasteiger partial charge in [0.05, 0.1) is 0 Å². The quantitative estimate of drug-likeness (QED) is 0.704. The third kappa shape index (κ3) is 1.45. The molecule has 2 N–H and O–H groups in total. The molecule has 0 saturated carbocycles. The number of halogens is 1. The highest BCUT2D eigenvalue weighted by Crippen LogP contribution is 2.33. The van der Waals surface area contributed by atoms with Gasteiger partial charge in [-0.3, -0.25) is 0 Å². The first-order valence-electron chi connectivity index (χ1n) is 4.09. The predicted molar refractivity (Wildman–Crippen MR) is 45.4 cm³/mol. The van der Waals surface area contributed by atoms with Crippen LogP contribution in [-0.4, -0.2) is 19.3 Å². The first-order chi connectivity index (χ1) is 6.31. The summed E-state index contributed by atoms with van der Waals surface area (Å²) in [7, 11) is 0. The SMILES string of the molecule is NCC1COc2cccc(F)c2O1. The Bertz CT molecular complexity index is 316. The van der Waals surface area contributed by atoms with E-state index in [1.807, 2.05) is 0 Å². The number of benzene rings is 1. The molecule has 70 valence electrons. The molecule has 0 aromatic heterocycles. The second kappa shape index (κ2) is 3.22. The summed E-state index contributed by atoms with van der Waals surface area (Å²) < 4.78 is 23.7. The van der Waals surface area contributed by atoms with Crippen molar-refractivity contribution < 1.29 is 13.9 Å². The molecule has 0 spiro atoms. The Hall–Kier alpha value is -1.29. The van der Waals surface area contributed by atoms with Crippen molar-refractivity contribution in [1.82, 2.24) is 0 Å². The van der Waals surface area contributed by atoms with Crippen molar-refractivity contribution in [2.45, 2.75) is 6.10 Å². The van der Waals surface area contributed by atoms with Crippen molar-refractivity contribution in [2.75, 3.05) is 13.2 Å². The van der Waals surface area contributed by atoms with Crippen molar-refractivity contribution in [2.24, 2.45) is 5.73 Å². The second-order valence-corrected chi connectivity index (χ2v) is 2.85. The molecule has 0 bridgehead atoms. The van der Waals surface area contributed by atoms with Gasteiger partial charge in [-0.15, -0.1) is 0 Å². The van der Waals surface area contributed by atoms with E-state index in [0.29, 0.717) is 18.9 Å². The van der Waals surface area contributed by atoms with Crippen molar-refractivity contribution in [3.8, 4) is 11.5 Å². The number of fused-ring (bicyclic) bond motifs is 1. The van der Waals surface area contributed by atoms with Gasteiger partial charge in [-0.1, -0.05) is 6.07 Å². The van der Waals surface area contributed by atoms with E-state index in [-0.39, 0.29) is 11.9 Å². The molecule has 1 aromatic carbocycles. The minimum Gasteiger partial charge on any atom is -0.486 e. The molecule has 2 rings (SSSR count). The Kier molecular flexibility index (Phi) is 2.06. The number of nitrogens with two attached hydrogens (primary N) is 1. The Morgan fingerprint density at radius 2 is 2.38 bits per heavy atom. The second-order valence-electron chi connectivity index (χ2n) is 2.85. The average molecular weight is 183 g/mol. The molecule has 1 atom stereocenters. The third-order valence-electron chi connectivity index (χ3n) is 1.90. The molecular formula is C9H10FNO2. The lowest BCUT2D eigenvalue weighted by molar-refractivity contribution is 0.0913. The lowest BCUT2D eigenvalue weighted by atomic mass is 10.2. The Balaban J connectivity index is 2.32. The molecule has 0 fully saturated rings. The van der Waals surface area contributed by atoms with Crippen LogP contribution in [0.5, 0.6) is 11.5 Å². The largest absolute Gasteiger partial charge is 0.486 e. The van der Waals surface area contributed by atoms with Crippen LogP contribution in [0.2, 0.25) is 0 Å². The number of hydrogen-bond donors (Lipinski definition) is 1. The van der Waals surface area contributed by atoms with Gasteiger partial charge >= 0.3 is 0 Å². The fraction of sp³-hybridized carbons (Fsp3) is 0.333. The Morgan fingerprint density at radius 3 is 3.15 bits per heavy atom. The van der Waals surface area contributed by atoms with E-state index in [4.69, 9.17) is 15.2 Å². The summed E-state index contributed by atoms with van der Waals surface area (Å²) in [6, 6.07) is 4.59. The van der Waals surface area contributed by atoms with Gasteiger partial charge in [0.1, 0.15) is 12.7 Å². The summed E-state index contributed by atoms with van der Waals surface area (Å²) in [6.07, 6.45) is -0.246. The Labute approximate surface area is 75.3 Å².